The van der Waals surface area contributed by atoms with Crippen LogP contribution in [0.2, 0.25) is 0 Å². The van der Waals surface area contributed by atoms with E-state index in [-0.39, 0.29) is 5.91 Å². The first-order valence-corrected chi connectivity index (χ1v) is 12.9. The summed E-state index contributed by atoms with van der Waals surface area (Å²) in [5, 5.41) is 2.89. The Morgan fingerprint density at radius 3 is 2.54 bits per heavy atom. The second kappa shape index (κ2) is 11.0. The molecule has 1 aliphatic heterocycles. The number of aromatic nitrogens is 2. The van der Waals surface area contributed by atoms with E-state index < -0.39 is 5.91 Å². The van der Waals surface area contributed by atoms with Gasteiger partial charge in [-0.1, -0.05) is 36.4 Å². The number of hydrogen-bond acceptors (Lipinski definition) is 4. The number of benzene rings is 3. The molecule has 0 atom stereocenters. The fourth-order valence-electron chi connectivity index (χ4n) is 5.35. The van der Waals surface area contributed by atoms with E-state index in [1.54, 1.807) is 13.0 Å². The van der Waals surface area contributed by atoms with Gasteiger partial charge in [0, 0.05) is 30.3 Å². The van der Waals surface area contributed by atoms with Crippen LogP contribution in [0, 0.1) is 0 Å². The Morgan fingerprint density at radius 1 is 0.973 bits per heavy atom. The van der Waals surface area contributed by atoms with Gasteiger partial charge < -0.3 is 20.5 Å². The number of rotatable bonds is 8. The van der Waals surface area contributed by atoms with Crippen LogP contribution in [0.3, 0.4) is 0 Å². The Hall–Kier alpha value is -3.97. The molecular formula is C30H33N5O2. The van der Waals surface area contributed by atoms with E-state index in [0.29, 0.717) is 11.5 Å². The number of para-hydroxylation sites is 2. The van der Waals surface area contributed by atoms with Gasteiger partial charge >= 0.3 is 0 Å². The monoisotopic (exact) mass is 495 g/mol. The van der Waals surface area contributed by atoms with Crippen LogP contribution in [-0.4, -0.2) is 45.9 Å². The van der Waals surface area contributed by atoms with Crippen molar-refractivity contribution in [1.82, 2.24) is 14.5 Å². The van der Waals surface area contributed by atoms with Crippen LogP contribution in [0.4, 0.5) is 5.69 Å². The lowest BCUT2D eigenvalue weighted by atomic mass is 9.89. The lowest BCUT2D eigenvalue weighted by molar-refractivity contribution is -0.114. The maximum absolute atomic E-state index is 11.7. The molecule has 0 radical (unpaired) electrons. The highest BCUT2D eigenvalue weighted by molar-refractivity contribution is 5.94. The van der Waals surface area contributed by atoms with Crippen LogP contribution in [0.15, 0.2) is 72.8 Å². The van der Waals surface area contributed by atoms with Crippen LogP contribution in [0.25, 0.3) is 22.4 Å². The lowest BCUT2D eigenvalue weighted by Gasteiger charge is -2.32. The van der Waals surface area contributed by atoms with Crippen molar-refractivity contribution in [3.63, 3.8) is 0 Å². The molecule has 2 heterocycles. The number of aryl methyl sites for hydroxylation is 1. The smallest absolute Gasteiger partial charge is 0.248 e. The number of carbonyl (C=O) groups excluding carboxylic acids is 2. The van der Waals surface area contributed by atoms with Crippen LogP contribution in [0.5, 0.6) is 0 Å². The summed E-state index contributed by atoms with van der Waals surface area (Å²) in [6.07, 6.45) is 3.23. The van der Waals surface area contributed by atoms with Gasteiger partial charge in [-0.2, -0.15) is 0 Å². The molecule has 1 aromatic heterocycles. The van der Waals surface area contributed by atoms with E-state index in [9.17, 15) is 9.59 Å². The van der Waals surface area contributed by atoms with Crippen molar-refractivity contribution in [1.29, 1.82) is 0 Å². The van der Waals surface area contributed by atoms with Gasteiger partial charge in [-0.15, -0.1) is 0 Å². The molecule has 5 rings (SSSR count). The van der Waals surface area contributed by atoms with Gasteiger partial charge in [0.25, 0.3) is 0 Å². The summed E-state index contributed by atoms with van der Waals surface area (Å²) >= 11 is 0. The van der Waals surface area contributed by atoms with Gasteiger partial charge in [-0.3, -0.25) is 9.59 Å². The van der Waals surface area contributed by atoms with Gasteiger partial charge in [0.1, 0.15) is 5.82 Å². The molecule has 0 spiro atoms. The molecule has 0 aliphatic carbocycles. The van der Waals surface area contributed by atoms with Crippen LogP contribution >= 0.6 is 0 Å². The first kappa shape index (κ1) is 24.7. The Bertz CT molecular complexity index is 1420. The van der Waals surface area contributed by atoms with Crippen molar-refractivity contribution in [3.05, 3.63) is 83.9 Å². The third kappa shape index (κ3) is 5.73. The molecular weight excluding hydrogens is 462 g/mol. The van der Waals surface area contributed by atoms with E-state index in [4.69, 9.17) is 10.7 Å². The number of imidazole rings is 1. The molecule has 1 aliphatic rings. The van der Waals surface area contributed by atoms with Crippen molar-refractivity contribution >= 4 is 28.5 Å². The Kier molecular flexibility index (Phi) is 7.32. The molecule has 190 valence electrons. The van der Waals surface area contributed by atoms with E-state index in [1.807, 2.05) is 48.5 Å². The average molecular weight is 496 g/mol. The normalized spacial score (nSPS) is 14.6. The predicted molar refractivity (Wildman–Crippen MR) is 147 cm³/mol. The summed E-state index contributed by atoms with van der Waals surface area (Å²) in [6.45, 7) is 5.53. The zero-order chi connectivity index (χ0) is 25.8. The third-order valence-electron chi connectivity index (χ3n) is 7.18. The largest absolute Gasteiger partial charge is 0.366 e. The van der Waals surface area contributed by atoms with Gasteiger partial charge in [-0.05, 0) is 86.8 Å². The minimum absolute atomic E-state index is 0.0404. The molecule has 0 unspecified atom stereocenters. The minimum atomic E-state index is -0.435. The number of likely N-dealkylation sites (tertiary alicyclic amines) is 1. The number of nitrogens with zero attached hydrogens (tertiary/aromatic N) is 3. The molecule has 1 saturated heterocycles. The van der Waals surface area contributed by atoms with Gasteiger partial charge in [0.05, 0.1) is 11.0 Å². The van der Waals surface area contributed by atoms with Crippen molar-refractivity contribution in [3.8, 4) is 11.4 Å². The fourth-order valence-corrected chi connectivity index (χ4v) is 5.35. The predicted octanol–water partition coefficient (Wildman–Crippen LogP) is 5.03. The highest BCUT2D eigenvalue weighted by Crippen LogP contribution is 2.30. The molecule has 7 nitrogen and oxygen atoms in total. The number of hydrogen-bond donors (Lipinski definition) is 2. The highest BCUT2D eigenvalue weighted by atomic mass is 16.1. The molecule has 0 bridgehead atoms. The van der Waals surface area contributed by atoms with Crippen LogP contribution in [-0.2, 0) is 11.3 Å². The quantitative estimate of drug-likeness (QED) is 0.359. The highest BCUT2D eigenvalue weighted by Gasteiger charge is 2.21. The molecule has 7 heteroatoms. The van der Waals surface area contributed by atoms with Crippen LogP contribution < -0.4 is 11.1 Å². The average Bonchev–Trinajstić information content (AvgIpc) is 3.27. The van der Waals surface area contributed by atoms with E-state index in [2.05, 4.69) is 33.0 Å². The summed E-state index contributed by atoms with van der Waals surface area (Å²) in [7, 11) is 0. The van der Waals surface area contributed by atoms with E-state index >= 15 is 0 Å². The molecule has 0 saturated carbocycles. The zero-order valence-corrected chi connectivity index (χ0v) is 21.2. The van der Waals surface area contributed by atoms with E-state index in [0.717, 1.165) is 73.6 Å². The number of piperidine rings is 1. The standard InChI is InChI=1S/C30H33N5O2/c1-21(36)32-26-10-5-7-23(20-26)22-13-17-34(18-14-22)15-6-16-35-28-12-3-2-11-27(28)33-30(35)25-9-4-8-24(19-25)29(31)37/h2-5,7-12,19-20,22H,6,13-18H2,1H3,(H2,31,37)(H,32,36). The minimum Gasteiger partial charge on any atom is -0.366 e. The number of anilines is 1. The second-order valence-corrected chi connectivity index (χ2v) is 9.80. The summed E-state index contributed by atoms with van der Waals surface area (Å²) < 4.78 is 2.26. The number of nitrogens with one attached hydrogen (secondary N) is 1. The number of fused-ring (bicyclic) bond motifs is 1. The summed E-state index contributed by atoms with van der Waals surface area (Å²) in [6, 6.07) is 23.8. The van der Waals surface area contributed by atoms with Crippen molar-refractivity contribution in [2.24, 2.45) is 5.73 Å². The number of amides is 2. The van der Waals surface area contributed by atoms with Crippen molar-refractivity contribution in [2.75, 3.05) is 25.0 Å². The van der Waals surface area contributed by atoms with Crippen molar-refractivity contribution < 1.29 is 9.59 Å². The Labute approximate surface area is 217 Å². The SMILES string of the molecule is CC(=O)Nc1cccc(C2CCN(CCCn3c(-c4cccc(C(N)=O)c4)nc4ccccc43)CC2)c1. The van der Waals surface area contributed by atoms with Crippen molar-refractivity contribution in [2.45, 2.75) is 38.6 Å². The molecule has 2 amide bonds. The maximum atomic E-state index is 11.7. The molecule has 3 aromatic carbocycles. The number of carbonyl (C=O) groups is 2. The summed E-state index contributed by atoms with van der Waals surface area (Å²) in [4.78, 5) is 30.6. The van der Waals surface area contributed by atoms with Gasteiger partial charge in [-0.25, -0.2) is 4.98 Å². The second-order valence-electron chi connectivity index (χ2n) is 9.80. The summed E-state index contributed by atoms with van der Waals surface area (Å²) in [5.41, 5.74) is 11.1. The topological polar surface area (TPSA) is 93.3 Å². The summed E-state index contributed by atoms with van der Waals surface area (Å²) in [5.74, 6) is 0.907. The third-order valence-corrected chi connectivity index (χ3v) is 7.18. The fraction of sp³-hybridized carbons (Fsp3) is 0.300. The lowest BCUT2D eigenvalue weighted by Crippen LogP contribution is -2.34. The molecule has 37 heavy (non-hydrogen) atoms. The Morgan fingerprint density at radius 2 is 1.76 bits per heavy atom. The van der Waals surface area contributed by atoms with Gasteiger partial charge in [0.2, 0.25) is 11.8 Å². The first-order valence-electron chi connectivity index (χ1n) is 12.9. The zero-order valence-electron chi connectivity index (χ0n) is 21.2. The molecule has 1 fully saturated rings. The first-order chi connectivity index (χ1) is 18.0. The number of primary amides is 1. The van der Waals surface area contributed by atoms with E-state index in [1.165, 1.54) is 5.56 Å². The maximum Gasteiger partial charge on any atom is 0.248 e. The number of nitrogens with two attached hydrogens (primary N) is 1. The van der Waals surface area contributed by atoms with Crippen LogP contribution in [0.1, 0.15) is 48.0 Å². The molecule has 3 N–H and O–H groups in total. The molecule has 4 aromatic rings. The van der Waals surface area contributed by atoms with Gasteiger partial charge in [0.15, 0.2) is 0 Å². The Balaban J connectivity index is 1.23.